The average Bonchev–Trinajstić information content (AvgIpc) is 2.10. The summed E-state index contributed by atoms with van der Waals surface area (Å²) in [5.41, 5.74) is -0.176. The van der Waals surface area contributed by atoms with E-state index in [0.29, 0.717) is 12.5 Å². The molecule has 0 aromatic heterocycles. The van der Waals surface area contributed by atoms with Crippen LogP contribution in [0.3, 0.4) is 0 Å². The highest BCUT2D eigenvalue weighted by Gasteiger charge is 2.16. The van der Waals surface area contributed by atoms with Gasteiger partial charge in [-0.15, -0.1) is 0 Å². The molecule has 58 valence electrons. The van der Waals surface area contributed by atoms with E-state index in [9.17, 15) is 0 Å². The van der Waals surface area contributed by atoms with Gasteiger partial charge < -0.3 is 10.1 Å². The van der Waals surface area contributed by atoms with Gasteiger partial charge in [-0.25, -0.2) is 0 Å². The number of hydrogen-bond acceptors (Lipinski definition) is 1. The standard InChI is InChI=1S/C6H8Cl2NO/c1-6(2)3-10-5(9-6)4(7)8/h3H2,1-2H3/q-1. The first-order valence-corrected chi connectivity index (χ1v) is 3.68. The lowest BCUT2D eigenvalue weighted by atomic mass is 10.1. The third kappa shape index (κ3) is 1.70. The Morgan fingerprint density at radius 3 is 2.40 bits per heavy atom. The normalized spacial score (nSPS) is 21.8. The molecule has 0 spiro atoms. The van der Waals surface area contributed by atoms with Gasteiger partial charge in [0.15, 0.2) is 0 Å². The zero-order chi connectivity index (χ0) is 7.78. The van der Waals surface area contributed by atoms with Crippen LogP contribution in [0.5, 0.6) is 0 Å². The van der Waals surface area contributed by atoms with Crippen LogP contribution in [-0.4, -0.2) is 12.1 Å². The molecule has 0 unspecified atom stereocenters. The van der Waals surface area contributed by atoms with E-state index in [0.717, 1.165) is 0 Å². The Bertz CT molecular complexity index is 173. The SMILES string of the molecule is CC1(C)COC(=C(Cl)Cl)[N-]1. The molecule has 2 nitrogen and oxygen atoms in total. The zero-order valence-corrected chi connectivity index (χ0v) is 7.33. The van der Waals surface area contributed by atoms with E-state index < -0.39 is 0 Å². The van der Waals surface area contributed by atoms with Gasteiger partial charge in [-0.1, -0.05) is 42.6 Å². The van der Waals surface area contributed by atoms with Crippen LogP contribution in [0.25, 0.3) is 5.32 Å². The predicted octanol–water partition coefficient (Wildman–Crippen LogP) is 2.77. The van der Waals surface area contributed by atoms with Gasteiger partial charge in [0.05, 0.1) is 6.61 Å². The van der Waals surface area contributed by atoms with E-state index >= 15 is 0 Å². The van der Waals surface area contributed by atoms with Crippen LogP contribution in [0.15, 0.2) is 10.4 Å². The number of nitrogens with zero attached hydrogens (tertiary/aromatic N) is 1. The van der Waals surface area contributed by atoms with Crippen molar-refractivity contribution in [2.45, 2.75) is 19.4 Å². The smallest absolute Gasteiger partial charge is 0.126 e. The minimum Gasteiger partial charge on any atom is -0.644 e. The number of ether oxygens (including phenoxy) is 1. The Labute approximate surface area is 70.1 Å². The fourth-order valence-corrected chi connectivity index (χ4v) is 0.875. The molecular formula is C6H8Cl2NO-. The summed E-state index contributed by atoms with van der Waals surface area (Å²) in [7, 11) is 0. The maximum absolute atomic E-state index is 5.44. The number of hydrogen-bond donors (Lipinski definition) is 0. The molecule has 0 atom stereocenters. The fraction of sp³-hybridized carbons (Fsp3) is 0.667. The van der Waals surface area contributed by atoms with Crippen molar-refractivity contribution in [1.82, 2.24) is 0 Å². The van der Waals surface area contributed by atoms with E-state index in [1.54, 1.807) is 0 Å². The molecule has 4 heteroatoms. The Kier molecular flexibility index (Phi) is 2.02. The second-order valence-electron chi connectivity index (χ2n) is 2.78. The van der Waals surface area contributed by atoms with Crippen molar-refractivity contribution in [3.8, 4) is 0 Å². The van der Waals surface area contributed by atoms with Crippen molar-refractivity contribution < 1.29 is 4.74 Å². The van der Waals surface area contributed by atoms with Crippen molar-refractivity contribution >= 4 is 23.2 Å². The van der Waals surface area contributed by atoms with E-state index in [1.807, 2.05) is 13.8 Å². The van der Waals surface area contributed by atoms with Crippen LogP contribution < -0.4 is 0 Å². The summed E-state index contributed by atoms with van der Waals surface area (Å²) in [6.07, 6.45) is 0. The van der Waals surface area contributed by atoms with Gasteiger partial charge in [-0.2, -0.15) is 0 Å². The molecule has 0 bridgehead atoms. The molecule has 1 aliphatic heterocycles. The average molecular weight is 181 g/mol. The molecule has 1 rings (SSSR count). The topological polar surface area (TPSA) is 23.3 Å². The predicted molar refractivity (Wildman–Crippen MR) is 42.1 cm³/mol. The summed E-state index contributed by atoms with van der Waals surface area (Å²) in [6, 6.07) is 0. The highest BCUT2D eigenvalue weighted by Crippen LogP contribution is 2.35. The van der Waals surface area contributed by atoms with Crippen LogP contribution in [0.2, 0.25) is 0 Å². The molecule has 0 saturated carbocycles. The van der Waals surface area contributed by atoms with Gasteiger partial charge >= 0.3 is 0 Å². The largest absolute Gasteiger partial charge is 0.644 e. The van der Waals surface area contributed by atoms with E-state index in [2.05, 4.69) is 5.32 Å². The van der Waals surface area contributed by atoms with E-state index in [-0.39, 0.29) is 10.0 Å². The molecule has 0 amide bonds. The second kappa shape index (κ2) is 2.51. The monoisotopic (exact) mass is 180 g/mol. The highest BCUT2D eigenvalue weighted by molar-refractivity contribution is 6.56. The maximum atomic E-state index is 5.44. The van der Waals surface area contributed by atoms with E-state index in [4.69, 9.17) is 27.9 Å². The van der Waals surface area contributed by atoms with E-state index in [1.165, 1.54) is 0 Å². The number of rotatable bonds is 0. The minimum absolute atomic E-state index is 0.102. The second-order valence-corrected chi connectivity index (χ2v) is 3.73. The van der Waals surface area contributed by atoms with Crippen LogP contribution in [0, 0.1) is 0 Å². The van der Waals surface area contributed by atoms with Crippen LogP contribution in [0.1, 0.15) is 13.8 Å². The number of halogens is 2. The lowest BCUT2D eigenvalue weighted by molar-refractivity contribution is 0.236. The quantitative estimate of drug-likeness (QED) is 0.563. The molecule has 1 fully saturated rings. The first-order chi connectivity index (χ1) is 4.51. The van der Waals surface area contributed by atoms with Gasteiger partial charge in [0, 0.05) is 5.88 Å². The van der Waals surface area contributed by atoms with Crippen LogP contribution in [0.4, 0.5) is 0 Å². The van der Waals surface area contributed by atoms with Gasteiger partial charge in [0.2, 0.25) is 0 Å². The lowest BCUT2D eigenvalue weighted by Crippen LogP contribution is -2.16. The van der Waals surface area contributed by atoms with Crippen LogP contribution >= 0.6 is 23.2 Å². The summed E-state index contributed by atoms with van der Waals surface area (Å²) in [5.74, 6) is 0.355. The molecular weight excluding hydrogens is 173 g/mol. The molecule has 10 heavy (non-hydrogen) atoms. The third-order valence-corrected chi connectivity index (χ3v) is 1.45. The summed E-state index contributed by atoms with van der Waals surface area (Å²) in [4.78, 5) is 0. The van der Waals surface area contributed by atoms with Gasteiger partial charge in [-0.05, 0) is 0 Å². The van der Waals surface area contributed by atoms with Crippen molar-refractivity contribution in [2.75, 3.05) is 6.61 Å². The van der Waals surface area contributed by atoms with Crippen molar-refractivity contribution in [3.05, 3.63) is 15.7 Å². The molecule has 1 aliphatic rings. The first-order valence-electron chi connectivity index (χ1n) is 2.92. The first kappa shape index (κ1) is 8.02. The molecule has 0 aliphatic carbocycles. The summed E-state index contributed by atoms with van der Waals surface area (Å²) in [6.45, 7) is 4.46. The Morgan fingerprint density at radius 2 is 2.20 bits per heavy atom. The van der Waals surface area contributed by atoms with Gasteiger partial charge in [-0.3, -0.25) is 0 Å². The van der Waals surface area contributed by atoms with Crippen molar-refractivity contribution in [2.24, 2.45) is 0 Å². The van der Waals surface area contributed by atoms with Gasteiger partial charge in [0.25, 0.3) is 0 Å². The molecule has 0 radical (unpaired) electrons. The fourth-order valence-electron chi connectivity index (χ4n) is 0.681. The molecule has 0 aromatic rings. The Balaban J connectivity index is 2.69. The summed E-state index contributed by atoms with van der Waals surface area (Å²) < 4.78 is 5.18. The van der Waals surface area contributed by atoms with Crippen LogP contribution in [-0.2, 0) is 4.74 Å². The van der Waals surface area contributed by atoms with Crippen molar-refractivity contribution in [1.29, 1.82) is 0 Å². The molecule has 0 N–H and O–H groups in total. The summed E-state index contributed by atoms with van der Waals surface area (Å²) >= 11 is 10.9. The highest BCUT2D eigenvalue weighted by atomic mass is 35.5. The van der Waals surface area contributed by atoms with Crippen molar-refractivity contribution in [3.63, 3.8) is 0 Å². The molecule has 0 aromatic carbocycles. The van der Waals surface area contributed by atoms with Gasteiger partial charge in [0.1, 0.15) is 4.49 Å². The lowest BCUT2D eigenvalue weighted by Gasteiger charge is -2.28. The minimum atomic E-state index is -0.176. The third-order valence-electron chi connectivity index (χ3n) is 1.13. The molecule has 1 saturated heterocycles. The maximum Gasteiger partial charge on any atom is 0.126 e. The molecule has 1 heterocycles. The zero-order valence-electron chi connectivity index (χ0n) is 5.82. The summed E-state index contributed by atoms with van der Waals surface area (Å²) in [5, 5.41) is 4.11. The Hall–Kier alpha value is -0.0800. The Morgan fingerprint density at radius 1 is 1.60 bits per heavy atom.